The number of phenolic OH excluding ortho intramolecular Hbond substituents is 1. The Kier molecular flexibility index (Phi) is 7.44. The molecule has 2 aromatic carbocycles. The molecule has 0 spiro atoms. The van der Waals surface area contributed by atoms with Crippen molar-refractivity contribution in [3.8, 4) is 11.5 Å². The third-order valence-corrected chi connectivity index (χ3v) is 6.02. The number of methoxy groups -OCH3 is 1. The lowest BCUT2D eigenvalue weighted by molar-refractivity contribution is 0.162. The van der Waals surface area contributed by atoms with E-state index < -0.39 is 0 Å². The predicted octanol–water partition coefficient (Wildman–Crippen LogP) is 4.18. The second-order valence-electron chi connectivity index (χ2n) is 8.64. The number of urea groups is 1. The molecule has 0 radical (unpaired) electrons. The normalized spacial score (nSPS) is 16.0. The van der Waals surface area contributed by atoms with E-state index in [2.05, 4.69) is 37.9 Å². The molecule has 3 rings (SSSR count). The van der Waals surface area contributed by atoms with Crippen LogP contribution in [0.1, 0.15) is 50.4 Å². The van der Waals surface area contributed by atoms with Gasteiger partial charge in [0.05, 0.1) is 13.2 Å². The first-order valence-corrected chi connectivity index (χ1v) is 11.1. The number of amides is 2. The molecule has 1 unspecified atom stereocenters. The Morgan fingerprint density at radius 1 is 1.19 bits per heavy atom. The Bertz CT molecular complexity index is 875. The van der Waals surface area contributed by atoms with E-state index in [1.54, 1.807) is 13.2 Å². The maximum absolute atomic E-state index is 13.2. The van der Waals surface area contributed by atoms with Gasteiger partial charge in [0.15, 0.2) is 11.5 Å². The molecular formula is C25H35N3O3. The third kappa shape index (κ3) is 5.13. The number of fused-ring (bicyclic) bond motifs is 1. The van der Waals surface area contributed by atoms with Crippen molar-refractivity contribution in [1.82, 2.24) is 15.1 Å². The highest BCUT2D eigenvalue weighted by molar-refractivity contribution is 5.76. The highest BCUT2D eigenvalue weighted by atomic mass is 16.5. The van der Waals surface area contributed by atoms with Crippen LogP contribution in [0.15, 0.2) is 42.5 Å². The van der Waals surface area contributed by atoms with Gasteiger partial charge in [-0.3, -0.25) is 4.90 Å². The first-order chi connectivity index (χ1) is 14.8. The van der Waals surface area contributed by atoms with Crippen LogP contribution < -0.4 is 10.1 Å². The number of benzene rings is 2. The number of rotatable bonds is 7. The molecule has 0 saturated heterocycles. The zero-order chi connectivity index (χ0) is 22.5. The summed E-state index contributed by atoms with van der Waals surface area (Å²) in [6.45, 7) is 10.7. The van der Waals surface area contributed by atoms with E-state index >= 15 is 0 Å². The van der Waals surface area contributed by atoms with Gasteiger partial charge in [0.1, 0.15) is 0 Å². The van der Waals surface area contributed by atoms with Gasteiger partial charge in [0.2, 0.25) is 0 Å². The highest BCUT2D eigenvalue weighted by Gasteiger charge is 2.33. The summed E-state index contributed by atoms with van der Waals surface area (Å²) in [4.78, 5) is 17.5. The van der Waals surface area contributed by atoms with Crippen LogP contribution in [0.3, 0.4) is 0 Å². The average molecular weight is 426 g/mol. The van der Waals surface area contributed by atoms with Crippen molar-refractivity contribution in [2.24, 2.45) is 0 Å². The molecule has 0 fully saturated rings. The molecular weight excluding hydrogens is 390 g/mol. The van der Waals surface area contributed by atoms with Crippen LogP contribution in [0.25, 0.3) is 0 Å². The Morgan fingerprint density at radius 2 is 1.87 bits per heavy atom. The Balaban J connectivity index is 1.84. The maximum Gasteiger partial charge on any atom is 0.318 e. The molecule has 1 heterocycles. The minimum atomic E-state index is -0.256. The molecule has 0 aromatic heterocycles. The molecule has 0 saturated carbocycles. The van der Waals surface area contributed by atoms with Crippen molar-refractivity contribution in [3.05, 3.63) is 59.2 Å². The predicted molar refractivity (Wildman–Crippen MR) is 124 cm³/mol. The van der Waals surface area contributed by atoms with E-state index in [0.717, 1.165) is 23.2 Å². The van der Waals surface area contributed by atoms with E-state index in [4.69, 9.17) is 4.74 Å². The number of carbonyl (C=O) groups excluding carboxylic acids is 1. The molecule has 0 bridgehead atoms. The first-order valence-electron chi connectivity index (χ1n) is 11.1. The van der Waals surface area contributed by atoms with Crippen LogP contribution in [-0.2, 0) is 6.42 Å². The smallest absolute Gasteiger partial charge is 0.318 e. The largest absolute Gasteiger partial charge is 0.504 e. The Morgan fingerprint density at radius 3 is 2.48 bits per heavy atom. The molecule has 6 heteroatoms. The van der Waals surface area contributed by atoms with Crippen LogP contribution in [0.5, 0.6) is 11.5 Å². The monoisotopic (exact) mass is 425 g/mol. The molecule has 2 aromatic rings. The second-order valence-corrected chi connectivity index (χ2v) is 8.64. The van der Waals surface area contributed by atoms with E-state index in [0.29, 0.717) is 37.3 Å². The molecule has 1 aliphatic heterocycles. The fourth-order valence-electron chi connectivity index (χ4n) is 4.52. The standard InChI is InChI=1S/C25H35N3O3/c1-17(2)27(18(3)4)14-12-26-25(30)28-13-11-20-15-23(31-5)22(29)16-21(20)24(28)19-9-7-6-8-10-19/h6-10,15-18,24,29H,11-14H2,1-5H3,(H,26,30). The fraction of sp³-hybridized carbons (Fsp3) is 0.480. The summed E-state index contributed by atoms with van der Waals surface area (Å²) in [6.07, 6.45) is 0.715. The maximum atomic E-state index is 13.2. The molecule has 2 N–H and O–H groups in total. The summed E-state index contributed by atoms with van der Waals surface area (Å²) in [5, 5.41) is 13.5. The Hall–Kier alpha value is -2.73. The van der Waals surface area contributed by atoms with Gasteiger partial charge in [-0.05, 0) is 62.9 Å². The number of nitrogens with one attached hydrogen (secondary N) is 1. The van der Waals surface area contributed by atoms with E-state index in [1.165, 1.54) is 0 Å². The van der Waals surface area contributed by atoms with Crippen LogP contribution in [0.4, 0.5) is 4.79 Å². The molecule has 2 amide bonds. The Labute approximate surface area is 185 Å². The van der Waals surface area contributed by atoms with Gasteiger partial charge in [0, 0.05) is 31.7 Å². The lowest BCUT2D eigenvalue weighted by Crippen LogP contribution is -2.49. The van der Waals surface area contributed by atoms with Crippen LogP contribution in [-0.4, -0.2) is 59.8 Å². The average Bonchev–Trinajstić information content (AvgIpc) is 2.75. The van der Waals surface area contributed by atoms with Gasteiger partial charge in [-0.2, -0.15) is 0 Å². The van der Waals surface area contributed by atoms with Crippen LogP contribution in [0, 0.1) is 0 Å². The number of aromatic hydroxyl groups is 1. The molecule has 1 atom stereocenters. The lowest BCUT2D eigenvalue weighted by Gasteiger charge is -2.38. The van der Waals surface area contributed by atoms with Crippen molar-refractivity contribution in [3.63, 3.8) is 0 Å². The summed E-state index contributed by atoms with van der Waals surface area (Å²) in [7, 11) is 1.55. The topological polar surface area (TPSA) is 65.0 Å². The molecule has 6 nitrogen and oxygen atoms in total. The third-order valence-electron chi connectivity index (χ3n) is 6.02. The molecule has 31 heavy (non-hydrogen) atoms. The van der Waals surface area contributed by atoms with E-state index in [9.17, 15) is 9.90 Å². The first kappa shape index (κ1) is 22.9. The summed E-state index contributed by atoms with van der Waals surface area (Å²) in [5.41, 5.74) is 3.06. The summed E-state index contributed by atoms with van der Waals surface area (Å²) >= 11 is 0. The van der Waals surface area contributed by atoms with Crippen LogP contribution >= 0.6 is 0 Å². The molecule has 168 valence electrons. The van der Waals surface area contributed by atoms with Gasteiger partial charge in [-0.1, -0.05) is 30.3 Å². The number of nitrogens with zero attached hydrogens (tertiary/aromatic N) is 2. The van der Waals surface area contributed by atoms with E-state index in [-0.39, 0.29) is 17.8 Å². The van der Waals surface area contributed by atoms with E-state index in [1.807, 2.05) is 41.3 Å². The van der Waals surface area contributed by atoms with Gasteiger partial charge in [-0.25, -0.2) is 4.79 Å². The number of ether oxygens (including phenoxy) is 1. The number of carbonyl (C=O) groups is 1. The highest BCUT2D eigenvalue weighted by Crippen LogP contribution is 2.40. The van der Waals surface area contributed by atoms with Crippen LogP contribution in [0.2, 0.25) is 0 Å². The zero-order valence-electron chi connectivity index (χ0n) is 19.3. The second kappa shape index (κ2) is 10.1. The van der Waals surface area contributed by atoms with Crippen molar-refractivity contribution in [2.75, 3.05) is 26.7 Å². The zero-order valence-corrected chi connectivity index (χ0v) is 19.3. The molecule has 1 aliphatic rings. The molecule has 0 aliphatic carbocycles. The summed E-state index contributed by atoms with van der Waals surface area (Å²) < 4.78 is 5.29. The van der Waals surface area contributed by atoms with Crippen molar-refractivity contribution >= 4 is 6.03 Å². The minimum Gasteiger partial charge on any atom is -0.504 e. The summed E-state index contributed by atoms with van der Waals surface area (Å²) in [6, 6.07) is 14.1. The fourth-order valence-corrected chi connectivity index (χ4v) is 4.52. The number of hydrogen-bond acceptors (Lipinski definition) is 4. The minimum absolute atomic E-state index is 0.0812. The number of phenols is 1. The quantitative estimate of drug-likeness (QED) is 0.699. The summed E-state index contributed by atoms with van der Waals surface area (Å²) in [5.74, 6) is 0.555. The van der Waals surface area contributed by atoms with Gasteiger partial charge < -0.3 is 20.1 Å². The van der Waals surface area contributed by atoms with Gasteiger partial charge in [0.25, 0.3) is 0 Å². The van der Waals surface area contributed by atoms with Crippen molar-refractivity contribution < 1.29 is 14.6 Å². The lowest BCUT2D eigenvalue weighted by atomic mass is 9.88. The number of hydrogen-bond donors (Lipinski definition) is 2. The van der Waals surface area contributed by atoms with Crippen molar-refractivity contribution in [2.45, 2.75) is 52.2 Å². The van der Waals surface area contributed by atoms with Gasteiger partial charge >= 0.3 is 6.03 Å². The van der Waals surface area contributed by atoms with Gasteiger partial charge in [-0.15, -0.1) is 0 Å². The SMILES string of the molecule is COc1cc2c(cc1O)C(c1ccccc1)N(C(=O)NCCN(C(C)C)C(C)C)CC2. The van der Waals surface area contributed by atoms with Crippen molar-refractivity contribution in [1.29, 1.82) is 0 Å².